The van der Waals surface area contributed by atoms with Gasteiger partial charge in [-0.1, -0.05) is 47.4 Å². The number of hydrogen-bond donors (Lipinski definition) is 1. The summed E-state index contributed by atoms with van der Waals surface area (Å²) >= 11 is 9.79. The molecule has 4 heteroatoms. The average molecular weight is 363 g/mol. The second kappa shape index (κ2) is 8.38. The number of ether oxygens (including phenoxy) is 1. The molecule has 0 aliphatic carbocycles. The van der Waals surface area contributed by atoms with Crippen molar-refractivity contribution in [2.75, 3.05) is 13.7 Å². The number of methoxy groups -OCH3 is 1. The number of hydrogen-bond acceptors (Lipinski definition) is 2. The Balaban J connectivity index is 2.94. The van der Waals surface area contributed by atoms with Gasteiger partial charge < -0.3 is 10.1 Å². The van der Waals surface area contributed by atoms with Gasteiger partial charge in [0.05, 0.1) is 5.60 Å². The van der Waals surface area contributed by atoms with Crippen LogP contribution in [-0.2, 0) is 11.2 Å². The topological polar surface area (TPSA) is 21.3 Å². The standard InChI is InChI=1S/C16H25BrClNO/c1-5-9-19-15(16(3,6-2)20-4)10-12-7-8-13(17)11-14(12)18/h7-8,11,15,19H,5-6,9-10H2,1-4H3. The van der Waals surface area contributed by atoms with E-state index in [9.17, 15) is 0 Å². The van der Waals surface area contributed by atoms with Crippen molar-refractivity contribution in [3.8, 4) is 0 Å². The highest BCUT2D eigenvalue weighted by molar-refractivity contribution is 9.10. The number of nitrogens with one attached hydrogen (secondary N) is 1. The molecular weight excluding hydrogens is 338 g/mol. The quantitative estimate of drug-likeness (QED) is 0.715. The molecule has 0 saturated carbocycles. The second-order valence-corrected chi connectivity index (χ2v) is 6.64. The summed E-state index contributed by atoms with van der Waals surface area (Å²) < 4.78 is 6.78. The van der Waals surface area contributed by atoms with Crippen LogP contribution in [0.2, 0.25) is 5.02 Å². The fraction of sp³-hybridized carbons (Fsp3) is 0.625. The lowest BCUT2D eigenvalue weighted by Gasteiger charge is -2.37. The normalized spacial score (nSPS) is 15.9. The third-order valence-corrected chi connectivity index (χ3v) is 4.83. The van der Waals surface area contributed by atoms with E-state index in [1.165, 1.54) is 0 Å². The van der Waals surface area contributed by atoms with Crippen molar-refractivity contribution in [1.29, 1.82) is 0 Å². The van der Waals surface area contributed by atoms with Crippen LogP contribution in [0.3, 0.4) is 0 Å². The fourth-order valence-electron chi connectivity index (χ4n) is 2.26. The Hall–Kier alpha value is -0.0900. The van der Waals surface area contributed by atoms with Crippen molar-refractivity contribution in [1.82, 2.24) is 5.32 Å². The smallest absolute Gasteiger partial charge is 0.0803 e. The molecule has 20 heavy (non-hydrogen) atoms. The molecule has 0 aromatic heterocycles. The Morgan fingerprint density at radius 3 is 2.60 bits per heavy atom. The van der Waals surface area contributed by atoms with Crippen LogP contribution in [0.15, 0.2) is 22.7 Å². The summed E-state index contributed by atoms with van der Waals surface area (Å²) in [5.74, 6) is 0. The summed E-state index contributed by atoms with van der Waals surface area (Å²) in [7, 11) is 1.79. The van der Waals surface area contributed by atoms with Crippen LogP contribution in [0.25, 0.3) is 0 Å². The first-order valence-electron chi connectivity index (χ1n) is 7.19. The highest BCUT2D eigenvalue weighted by atomic mass is 79.9. The molecular formula is C16H25BrClNO. The zero-order chi connectivity index (χ0) is 15.2. The Labute approximate surface area is 136 Å². The minimum absolute atomic E-state index is 0.189. The van der Waals surface area contributed by atoms with Gasteiger partial charge >= 0.3 is 0 Å². The monoisotopic (exact) mass is 361 g/mol. The maximum absolute atomic E-state index is 6.35. The molecule has 1 N–H and O–H groups in total. The van der Waals surface area contributed by atoms with Gasteiger partial charge in [-0.25, -0.2) is 0 Å². The van der Waals surface area contributed by atoms with Gasteiger partial charge in [0.25, 0.3) is 0 Å². The molecule has 0 spiro atoms. The van der Waals surface area contributed by atoms with Crippen LogP contribution < -0.4 is 5.32 Å². The molecule has 0 radical (unpaired) electrons. The summed E-state index contributed by atoms with van der Waals surface area (Å²) in [6.07, 6.45) is 2.93. The number of rotatable bonds is 8. The third-order valence-electron chi connectivity index (χ3n) is 3.99. The van der Waals surface area contributed by atoms with E-state index in [1.807, 2.05) is 12.1 Å². The van der Waals surface area contributed by atoms with E-state index in [1.54, 1.807) is 7.11 Å². The van der Waals surface area contributed by atoms with Gasteiger partial charge in [-0.15, -0.1) is 0 Å². The Morgan fingerprint density at radius 1 is 1.40 bits per heavy atom. The van der Waals surface area contributed by atoms with E-state index in [0.29, 0.717) is 0 Å². The molecule has 1 aromatic rings. The first-order chi connectivity index (χ1) is 9.46. The molecule has 2 nitrogen and oxygen atoms in total. The van der Waals surface area contributed by atoms with Crippen LogP contribution in [0, 0.1) is 0 Å². The zero-order valence-electron chi connectivity index (χ0n) is 12.8. The number of benzene rings is 1. The molecule has 0 fully saturated rings. The Morgan fingerprint density at radius 2 is 2.10 bits per heavy atom. The predicted molar refractivity (Wildman–Crippen MR) is 90.6 cm³/mol. The van der Waals surface area contributed by atoms with Crippen LogP contribution in [0.5, 0.6) is 0 Å². The van der Waals surface area contributed by atoms with Crippen molar-refractivity contribution in [3.63, 3.8) is 0 Å². The van der Waals surface area contributed by atoms with Gasteiger partial charge in [-0.3, -0.25) is 0 Å². The Bertz CT molecular complexity index is 421. The van der Waals surface area contributed by atoms with Crippen molar-refractivity contribution < 1.29 is 4.74 Å². The zero-order valence-corrected chi connectivity index (χ0v) is 15.1. The van der Waals surface area contributed by atoms with E-state index in [-0.39, 0.29) is 11.6 Å². The largest absolute Gasteiger partial charge is 0.377 e. The second-order valence-electron chi connectivity index (χ2n) is 5.32. The summed E-state index contributed by atoms with van der Waals surface area (Å²) in [5.41, 5.74) is 0.964. The van der Waals surface area contributed by atoms with Crippen molar-refractivity contribution in [3.05, 3.63) is 33.3 Å². The average Bonchev–Trinajstić information content (AvgIpc) is 2.44. The van der Waals surface area contributed by atoms with E-state index < -0.39 is 0 Å². The van der Waals surface area contributed by atoms with E-state index in [0.717, 1.165) is 40.9 Å². The fourth-order valence-corrected chi connectivity index (χ4v) is 3.01. The molecule has 2 atom stereocenters. The first-order valence-corrected chi connectivity index (χ1v) is 8.36. The van der Waals surface area contributed by atoms with Crippen LogP contribution >= 0.6 is 27.5 Å². The lowest BCUT2D eigenvalue weighted by atomic mass is 9.88. The predicted octanol–water partition coefficient (Wildman–Crippen LogP) is 4.83. The molecule has 1 rings (SSSR count). The SMILES string of the molecule is CCCNC(Cc1ccc(Br)cc1Cl)C(C)(CC)OC. The number of halogens is 2. The molecule has 1 aromatic carbocycles. The van der Waals surface area contributed by atoms with E-state index in [4.69, 9.17) is 16.3 Å². The molecule has 0 heterocycles. The van der Waals surface area contributed by atoms with Gasteiger partial charge in [0.1, 0.15) is 0 Å². The van der Waals surface area contributed by atoms with E-state index >= 15 is 0 Å². The van der Waals surface area contributed by atoms with Crippen LogP contribution in [0.1, 0.15) is 39.2 Å². The lowest BCUT2D eigenvalue weighted by Crippen LogP contribution is -2.51. The summed E-state index contributed by atoms with van der Waals surface area (Å²) in [6, 6.07) is 6.31. The van der Waals surface area contributed by atoms with Gasteiger partial charge in [0.2, 0.25) is 0 Å². The van der Waals surface area contributed by atoms with Crippen molar-refractivity contribution in [2.24, 2.45) is 0 Å². The van der Waals surface area contributed by atoms with Gasteiger partial charge in [-0.2, -0.15) is 0 Å². The lowest BCUT2D eigenvalue weighted by molar-refractivity contribution is -0.0287. The van der Waals surface area contributed by atoms with E-state index in [2.05, 4.69) is 48.1 Å². The highest BCUT2D eigenvalue weighted by Crippen LogP contribution is 2.27. The van der Waals surface area contributed by atoms with Crippen molar-refractivity contribution in [2.45, 2.75) is 51.7 Å². The van der Waals surface area contributed by atoms with Crippen LogP contribution in [0.4, 0.5) is 0 Å². The first kappa shape index (κ1) is 18.0. The minimum atomic E-state index is -0.189. The summed E-state index contributed by atoms with van der Waals surface area (Å²) in [6.45, 7) is 7.48. The molecule has 0 aliphatic heterocycles. The van der Waals surface area contributed by atoms with Crippen molar-refractivity contribution >= 4 is 27.5 Å². The molecule has 0 bridgehead atoms. The maximum atomic E-state index is 6.35. The van der Waals surface area contributed by atoms with Gasteiger partial charge in [0, 0.05) is 22.6 Å². The molecule has 2 unspecified atom stereocenters. The molecule has 0 aliphatic rings. The Kier molecular flexibility index (Phi) is 7.52. The maximum Gasteiger partial charge on any atom is 0.0803 e. The summed E-state index contributed by atoms with van der Waals surface area (Å²) in [4.78, 5) is 0. The van der Waals surface area contributed by atoms with Gasteiger partial charge in [0.15, 0.2) is 0 Å². The molecule has 0 amide bonds. The minimum Gasteiger partial charge on any atom is -0.377 e. The van der Waals surface area contributed by atoms with Crippen LogP contribution in [-0.4, -0.2) is 25.3 Å². The summed E-state index contributed by atoms with van der Waals surface area (Å²) in [5, 5.41) is 4.41. The molecule has 114 valence electrons. The highest BCUT2D eigenvalue weighted by Gasteiger charge is 2.32. The van der Waals surface area contributed by atoms with Gasteiger partial charge in [-0.05, 0) is 50.4 Å². The third kappa shape index (κ3) is 4.73. The molecule has 0 saturated heterocycles.